The Kier molecular flexibility index (Phi) is 8.38. The molecule has 15 heteroatoms. The average molecular weight is 693 g/mol. The number of amides is 2. The minimum absolute atomic E-state index is 0.00641. The van der Waals surface area contributed by atoms with Crippen molar-refractivity contribution in [1.82, 2.24) is 4.90 Å². The summed E-state index contributed by atoms with van der Waals surface area (Å²) in [5.41, 5.74) is -2.77. The third-order valence-corrected chi connectivity index (χ3v) is 9.10. The molecule has 2 amide bonds. The standard InChI is InChI=1S/C29H27Cl4F2N3O6/c1-27(2,3)26(42)44-12-43-24(40)21-20(23(39)37(4)16-6-13(30)5-14(31)7-16)19-10-28(34,35)11-38(19)29(21)17-8-15(32)9-18(33)22(17)36-25(29)41/h5-9,19-21H,10-12H2,1-4H3,(H,36,41)/t19-,20?,21-,29+/m0/s1. The fraction of sp³-hybridized carbons (Fsp3) is 0.448. The molecular formula is C29H27Cl4F2N3O6. The van der Waals surface area contributed by atoms with Gasteiger partial charge in [-0.2, -0.15) is 0 Å². The number of hydrogen-bond donors (Lipinski definition) is 1. The molecule has 0 aromatic heterocycles. The Balaban J connectivity index is 1.66. The number of nitrogens with one attached hydrogen (secondary N) is 1. The number of rotatable bonds is 5. The van der Waals surface area contributed by atoms with E-state index in [0.717, 1.165) is 9.80 Å². The Bertz CT molecular complexity index is 1560. The van der Waals surface area contributed by atoms with Gasteiger partial charge < -0.3 is 19.7 Å². The summed E-state index contributed by atoms with van der Waals surface area (Å²) in [6.07, 6.45) is -0.838. The van der Waals surface area contributed by atoms with Crippen molar-refractivity contribution in [3.05, 3.63) is 56.0 Å². The molecule has 2 aromatic carbocycles. The van der Waals surface area contributed by atoms with Gasteiger partial charge >= 0.3 is 11.9 Å². The van der Waals surface area contributed by atoms with E-state index in [1.165, 1.54) is 37.4 Å². The Morgan fingerprint density at radius 3 is 2.25 bits per heavy atom. The lowest BCUT2D eigenvalue weighted by atomic mass is 9.73. The number of anilines is 2. The van der Waals surface area contributed by atoms with Crippen LogP contribution in [0.25, 0.3) is 0 Å². The van der Waals surface area contributed by atoms with Gasteiger partial charge in [0.25, 0.3) is 11.8 Å². The number of carbonyl (C=O) groups is 4. The summed E-state index contributed by atoms with van der Waals surface area (Å²) in [6.45, 7) is 2.99. The van der Waals surface area contributed by atoms with Crippen LogP contribution >= 0.6 is 46.4 Å². The van der Waals surface area contributed by atoms with E-state index in [2.05, 4.69) is 5.32 Å². The summed E-state index contributed by atoms with van der Waals surface area (Å²) in [5, 5.41) is 3.09. The van der Waals surface area contributed by atoms with Crippen molar-refractivity contribution in [3.63, 3.8) is 0 Å². The highest BCUT2D eigenvalue weighted by Gasteiger charge is 2.75. The second kappa shape index (κ2) is 11.3. The van der Waals surface area contributed by atoms with Crippen LogP contribution in [-0.4, -0.2) is 61.0 Å². The second-order valence-corrected chi connectivity index (χ2v) is 13.8. The molecule has 2 saturated heterocycles. The third-order valence-electron chi connectivity index (χ3n) is 8.14. The van der Waals surface area contributed by atoms with E-state index in [4.69, 9.17) is 55.9 Å². The average Bonchev–Trinajstić information content (AvgIpc) is 3.47. The molecule has 0 bridgehead atoms. The van der Waals surface area contributed by atoms with Crippen LogP contribution in [-0.2, 0) is 34.2 Å². The molecule has 5 rings (SSSR count). The lowest BCUT2D eigenvalue weighted by Crippen LogP contribution is -2.54. The Labute approximate surface area is 271 Å². The van der Waals surface area contributed by atoms with Gasteiger partial charge in [-0.25, -0.2) is 8.78 Å². The smallest absolute Gasteiger partial charge is 0.315 e. The summed E-state index contributed by atoms with van der Waals surface area (Å²) in [6, 6.07) is 5.72. The maximum absolute atomic E-state index is 15.2. The second-order valence-electron chi connectivity index (χ2n) is 12.1. The topological polar surface area (TPSA) is 105 Å². The van der Waals surface area contributed by atoms with Crippen LogP contribution in [0.1, 0.15) is 32.8 Å². The number of esters is 2. The van der Waals surface area contributed by atoms with Gasteiger partial charge in [0.2, 0.25) is 12.7 Å². The van der Waals surface area contributed by atoms with E-state index in [9.17, 15) is 19.2 Å². The molecule has 1 spiro atoms. The predicted molar refractivity (Wildman–Crippen MR) is 160 cm³/mol. The predicted octanol–water partition coefficient (Wildman–Crippen LogP) is 6.16. The van der Waals surface area contributed by atoms with Crippen molar-refractivity contribution in [1.29, 1.82) is 0 Å². The van der Waals surface area contributed by atoms with Crippen LogP contribution < -0.4 is 10.2 Å². The first-order valence-electron chi connectivity index (χ1n) is 13.4. The molecule has 1 N–H and O–H groups in total. The van der Waals surface area contributed by atoms with E-state index in [0.29, 0.717) is 0 Å². The van der Waals surface area contributed by atoms with Gasteiger partial charge in [-0.05, 0) is 51.1 Å². The monoisotopic (exact) mass is 691 g/mol. The Hall–Kier alpha value is -2.70. The minimum atomic E-state index is -3.32. The Morgan fingerprint density at radius 2 is 1.64 bits per heavy atom. The quantitative estimate of drug-likeness (QED) is 0.296. The lowest BCUT2D eigenvalue weighted by molar-refractivity contribution is -0.179. The summed E-state index contributed by atoms with van der Waals surface area (Å²) in [7, 11) is 1.37. The number of benzene rings is 2. The van der Waals surface area contributed by atoms with E-state index in [-0.39, 0.29) is 37.0 Å². The highest BCUT2D eigenvalue weighted by atomic mass is 35.5. The van der Waals surface area contributed by atoms with E-state index in [1.807, 2.05) is 0 Å². The van der Waals surface area contributed by atoms with Crippen molar-refractivity contribution in [2.75, 3.05) is 30.6 Å². The van der Waals surface area contributed by atoms with Crippen molar-refractivity contribution >= 4 is 81.5 Å². The molecule has 1 unspecified atom stereocenters. The third kappa shape index (κ3) is 5.40. The summed E-state index contributed by atoms with van der Waals surface area (Å²) < 4.78 is 40.9. The van der Waals surface area contributed by atoms with E-state index >= 15 is 8.78 Å². The number of ether oxygens (including phenoxy) is 2. The van der Waals surface area contributed by atoms with E-state index < -0.39 is 78.3 Å². The van der Waals surface area contributed by atoms with Gasteiger partial charge in [-0.3, -0.25) is 24.1 Å². The van der Waals surface area contributed by atoms with Crippen LogP contribution in [0.5, 0.6) is 0 Å². The number of halogens is 6. The highest BCUT2D eigenvalue weighted by molar-refractivity contribution is 6.38. The van der Waals surface area contributed by atoms with Gasteiger partial charge in [0, 0.05) is 45.8 Å². The minimum Gasteiger partial charge on any atom is -0.428 e. The maximum Gasteiger partial charge on any atom is 0.315 e. The summed E-state index contributed by atoms with van der Waals surface area (Å²) in [4.78, 5) is 57.1. The van der Waals surface area contributed by atoms with Crippen LogP contribution in [0, 0.1) is 17.3 Å². The van der Waals surface area contributed by atoms with Crippen molar-refractivity contribution in [3.8, 4) is 0 Å². The number of fused-ring (bicyclic) bond motifs is 4. The molecule has 0 radical (unpaired) electrons. The zero-order valence-electron chi connectivity index (χ0n) is 23.9. The number of alkyl halides is 2. The molecule has 0 aliphatic carbocycles. The molecule has 3 aliphatic heterocycles. The number of hydrogen-bond acceptors (Lipinski definition) is 7. The number of nitrogens with zero attached hydrogens (tertiary/aromatic N) is 2. The van der Waals surface area contributed by atoms with Crippen molar-refractivity contribution < 1.29 is 37.4 Å². The first kappa shape index (κ1) is 32.7. The Morgan fingerprint density at radius 1 is 1.02 bits per heavy atom. The molecular weight excluding hydrogens is 666 g/mol. The van der Waals surface area contributed by atoms with Crippen LogP contribution in [0.3, 0.4) is 0 Å². The van der Waals surface area contributed by atoms with Gasteiger partial charge in [0.15, 0.2) is 0 Å². The van der Waals surface area contributed by atoms with Crippen LogP contribution in [0.2, 0.25) is 20.1 Å². The molecule has 3 heterocycles. The molecule has 3 aliphatic rings. The lowest BCUT2D eigenvalue weighted by Gasteiger charge is -2.36. The van der Waals surface area contributed by atoms with Crippen molar-refractivity contribution in [2.24, 2.45) is 17.3 Å². The first-order valence-corrected chi connectivity index (χ1v) is 14.9. The molecule has 2 aromatic rings. The molecule has 4 atom stereocenters. The van der Waals surface area contributed by atoms with Crippen molar-refractivity contribution in [2.45, 2.75) is 44.7 Å². The summed E-state index contributed by atoms with van der Waals surface area (Å²) >= 11 is 25.0. The molecule has 9 nitrogen and oxygen atoms in total. The van der Waals surface area contributed by atoms with Crippen LogP contribution in [0.15, 0.2) is 30.3 Å². The highest BCUT2D eigenvalue weighted by Crippen LogP contribution is 2.61. The largest absolute Gasteiger partial charge is 0.428 e. The molecule has 0 saturated carbocycles. The van der Waals surface area contributed by atoms with Gasteiger partial charge in [-0.15, -0.1) is 0 Å². The molecule has 2 fully saturated rings. The fourth-order valence-corrected chi connectivity index (χ4v) is 7.35. The van der Waals surface area contributed by atoms with Gasteiger partial charge in [0.05, 0.1) is 28.6 Å². The SMILES string of the molecule is CN(C(=O)C1[C@@H](C(=O)OCOC(=O)C(C)(C)C)[C@]2(C(=O)Nc3c(Cl)cc(Cl)cc32)N2CC(F)(F)C[C@@H]12)c1cc(Cl)cc(Cl)c1. The first-order chi connectivity index (χ1) is 20.4. The summed E-state index contributed by atoms with van der Waals surface area (Å²) in [5.74, 6) is -10.0. The maximum atomic E-state index is 15.2. The number of carbonyl (C=O) groups excluding carboxylic acids is 4. The van der Waals surface area contributed by atoms with Gasteiger partial charge in [-0.1, -0.05) is 46.4 Å². The zero-order chi connectivity index (χ0) is 32.5. The molecule has 236 valence electrons. The fourth-order valence-electron chi connectivity index (χ4n) is 6.30. The van der Waals surface area contributed by atoms with Crippen LogP contribution in [0.4, 0.5) is 20.2 Å². The molecule has 44 heavy (non-hydrogen) atoms. The van der Waals surface area contributed by atoms with Gasteiger partial charge in [0.1, 0.15) is 11.5 Å². The normalized spacial score (nSPS) is 25.4. The van der Waals surface area contributed by atoms with E-state index in [1.54, 1.807) is 20.8 Å². The zero-order valence-corrected chi connectivity index (χ0v) is 26.9.